The molecule has 1 unspecified atom stereocenters. The lowest BCUT2D eigenvalue weighted by molar-refractivity contribution is 0.0936. The summed E-state index contributed by atoms with van der Waals surface area (Å²) in [5.74, 6) is -0.0563. The van der Waals surface area contributed by atoms with Crippen molar-refractivity contribution in [2.45, 2.75) is 32.7 Å². The Morgan fingerprint density at radius 2 is 2.40 bits per heavy atom. The zero-order chi connectivity index (χ0) is 11.3. The van der Waals surface area contributed by atoms with Crippen molar-refractivity contribution in [2.24, 2.45) is 0 Å². The second-order valence-corrected chi connectivity index (χ2v) is 3.76. The first-order valence-electron chi connectivity index (χ1n) is 5.21. The molecule has 1 aromatic rings. The van der Waals surface area contributed by atoms with Crippen LogP contribution in [-0.2, 0) is 0 Å². The van der Waals surface area contributed by atoms with E-state index in [4.69, 9.17) is 5.11 Å². The number of aryl methyl sites for hydroxylation is 1. The molecule has 84 valence electrons. The van der Waals surface area contributed by atoms with E-state index in [0.717, 1.165) is 12.1 Å². The molecule has 0 spiro atoms. The topological polar surface area (TPSA) is 65.1 Å². The fraction of sp³-hybridized carbons (Fsp3) is 0.545. The van der Waals surface area contributed by atoms with E-state index in [1.165, 1.54) is 0 Å². The quantitative estimate of drug-likeness (QED) is 0.684. The van der Waals surface area contributed by atoms with Crippen LogP contribution in [0.5, 0.6) is 0 Å². The molecular formula is C11H18N2O2. The molecule has 15 heavy (non-hydrogen) atoms. The minimum absolute atomic E-state index is 0.0563. The van der Waals surface area contributed by atoms with Crippen molar-refractivity contribution < 1.29 is 9.90 Å². The third-order valence-electron chi connectivity index (χ3n) is 2.37. The molecule has 4 nitrogen and oxygen atoms in total. The standard InChI is InChI=1S/C11H18N2O2/c1-8(4-3-7-14)13-11(15)10-5-6-12-9(10)2/h5-6,8,12,14H,3-4,7H2,1-2H3,(H,13,15). The van der Waals surface area contributed by atoms with E-state index >= 15 is 0 Å². The molecule has 0 saturated carbocycles. The Morgan fingerprint density at radius 3 is 2.93 bits per heavy atom. The van der Waals surface area contributed by atoms with Gasteiger partial charge in [0.25, 0.3) is 5.91 Å². The molecule has 0 aliphatic carbocycles. The molecule has 0 saturated heterocycles. The lowest BCUT2D eigenvalue weighted by Crippen LogP contribution is -2.32. The molecule has 1 amide bonds. The number of aromatic amines is 1. The Labute approximate surface area is 89.7 Å². The summed E-state index contributed by atoms with van der Waals surface area (Å²) in [4.78, 5) is 14.7. The van der Waals surface area contributed by atoms with Gasteiger partial charge in [0.2, 0.25) is 0 Å². The smallest absolute Gasteiger partial charge is 0.253 e. The van der Waals surface area contributed by atoms with E-state index in [2.05, 4.69) is 10.3 Å². The number of amides is 1. The average molecular weight is 210 g/mol. The maximum absolute atomic E-state index is 11.7. The van der Waals surface area contributed by atoms with Crippen LogP contribution in [0, 0.1) is 6.92 Å². The van der Waals surface area contributed by atoms with Gasteiger partial charge in [0.05, 0.1) is 5.56 Å². The molecule has 0 aliphatic rings. The van der Waals surface area contributed by atoms with Gasteiger partial charge in [0.1, 0.15) is 0 Å². The number of aliphatic hydroxyl groups excluding tert-OH is 1. The fourth-order valence-corrected chi connectivity index (χ4v) is 1.47. The number of carbonyl (C=O) groups excluding carboxylic acids is 1. The van der Waals surface area contributed by atoms with E-state index in [9.17, 15) is 4.79 Å². The Kier molecular flexibility index (Phi) is 4.37. The Bertz CT molecular complexity index is 320. The van der Waals surface area contributed by atoms with Gasteiger partial charge in [-0.15, -0.1) is 0 Å². The van der Waals surface area contributed by atoms with Crippen LogP contribution >= 0.6 is 0 Å². The van der Waals surface area contributed by atoms with Crippen molar-refractivity contribution in [2.75, 3.05) is 6.61 Å². The number of aliphatic hydroxyl groups is 1. The van der Waals surface area contributed by atoms with Crippen molar-refractivity contribution in [1.29, 1.82) is 0 Å². The van der Waals surface area contributed by atoms with Gasteiger partial charge in [-0.3, -0.25) is 4.79 Å². The van der Waals surface area contributed by atoms with E-state index in [0.29, 0.717) is 12.0 Å². The van der Waals surface area contributed by atoms with E-state index in [1.54, 1.807) is 12.3 Å². The first-order chi connectivity index (χ1) is 7.15. The monoisotopic (exact) mass is 210 g/mol. The van der Waals surface area contributed by atoms with Gasteiger partial charge in [0.15, 0.2) is 0 Å². The normalized spacial score (nSPS) is 12.5. The molecule has 4 heteroatoms. The number of H-pyrrole nitrogens is 1. The van der Waals surface area contributed by atoms with Crippen molar-refractivity contribution in [3.8, 4) is 0 Å². The lowest BCUT2D eigenvalue weighted by atomic mass is 10.1. The highest BCUT2D eigenvalue weighted by Crippen LogP contribution is 2.05. The van der Waals surface area contributed by atoms with Gasteiger partial charge in [-0.05, 0) is 32.8 Å². The van der Waals surface area contributed by atoms with Crippen LogP contribution in [0.15, 0.2) is 12.3 Å². The predicted octanol–water partition coefficient (Wildman–Crippen LogP) is 1.21. The Morgan fingerprint density at radius 1 is 1.67 bits per heavy atom. The summed E-state index contributed by atoms with van der Waals surface area (Å²) in [6.45, 7) is 3.98. The van der Waals surface area contributed by atoms with Crippen LogP contribution < -0.4 is 5.32 Å². The van der Waals surface area contributed by atoms with Gasteiger partial charge in [0, 0.05) is 24.5 Å². The van der Waals surface area contributed by atoms with Crippen molar-refractivity contribution in [1.82, 2.24) is 10.3 Å². The number of carbonyl (C=O) groups is 1. The van der Waals surface area contributed by atoms with Gasteiger partial charge in [-0.1, -0.05) is 0 Å². The van der Waals surface area contributed by atoms with Crippen molar-refractivity contribution in [3.05, 3.63) is 23.5 Å². The molecule has 1 atom stereocenters. The lowest BCUT2D eigenvalue weighted by Gasteiger charge is -2.12. The number of rotatable bonds is 5. The summed E-state index contributed by atoms with van der Waals surface area (Å²) >= 11 is 0. The first-order valence-corrected chi connectivity index (χ1v) is 5.21. The third kappa shape index (κ3) is 3.40. The summed E-state index contributed by atoms with van der Waals surface area (Å²) in [5.41, 5.74) is 1.56. The van der Waals surface area contributed by atoms with Crippen LogP contribution in [0.3, 0.4) is 0 Å². The maximum Gasteiger partial charge on any atom is 0.253 e. The zero-order valence-electron chi connectivity index (χ0n) is 9.21. The van der Waals surface area contributed by atoms with Crippen LogP contribution in [-0.4, -0.2) is 28.6 Å². The Balaban J connectivity index is 2.46. The summed E-state index contributed by atoms with van der Waals surface area (Å²) < 4.78 is 0. The van der Waals surface area contributed by atoms with Gasteiger partial charge in [-0.2, -0.15) is 0 Å². The first kappa shape index (κ1) is 11.8. The second-order valence-electron chi connectivity index (χ2n) is 3.76. The number of nitrogens with one attached hydrogen (secondary N) is 2. The van der Waals surface area contributed by atoms with Crippen LogP contribution in [0.2, 0.25) is 0 Å². The largest absolute Gasteiger partial charge is 0.396 e. The van der Waals surface area contributed by atoms with Crippen LogP contribution in [0.25, 0.3) is 0 Å². The number of hydrogen-bond acceptors (Lipinski definition) is 2. The highest BCUT2D eigenvalue weighted by atomic mass is 16.2. The van der Waals surface area contributed by atoms with Crippen molar-refractivity contribution in [3.63, 3.8) is 0 Å². The SMILES string of the molecule is Cc1[nH]ccc1C(=O)NC(C)CCCO. The summed E-state index contributed by atoms with van der Waals surface area (Å²) in [7, 11) is 0. The summed E-state index contributed by atoms with van der Waals surface area (Å²) in [6, 6.07) is 1.86. The molecule has 1 rings (SSSR count). The van der Waals surface area contributed by atoms with Gasteiger partial charge >= 0.3 is 0 Å². The maximum atomic E-state index is 11.7. The summed E-state index contributed by atoms with van der Waals surface area (Å²) in [6.07, 6.45) is 3.27. The van der Waals surface area contributed by atoms with Gasteiger partial charge in [-0.25, -0.2) is 0 Å². The average Bonchev–Trinajstić information content (AvgIpc) is 2.61. The fourth-order valence-electron chi connectivity index (χ4n) is 1.47. The number of aromatic nitrogens is 1. The minimum Gasteiger partial charge on any atom is -0.396 e. The molecule has 0 fully saturated rings. The highest BCUT2D eigenvalue weighted by Gasteiger charge is 2.11. The predicted molar refractivity (Wildman–Crippen MR) is 58.8 cm³/mol. The Hall–Kier alpha value is -1.29. The molecule has 0 bridgehead atoms. The second kappa shape index (κ2) is 5.56. The number of hydrogen-bond donors (Lipinski definition) is 3. The van der Waals surface area contributed by atoms with Crippen LogP contribution in [0.1, 0.15) is 35.8 Å². The highest BCUT2D eigenvalue weighted by molar-refractivity contribution is 5.95. The molecule has 0 radical (unpaired) electrons. The minimum atomic E-state index is -0.0563. The van der Waals surface area contributed by atoms with E-state index in [1.807, 2.05) is 13.8 Å². The molecular weight excluding hydrogens is 192 g/mol. The zero-order valence-corrected chi connectivity index (χ0v) is 9.21. The van der Waals surface area contributed by atoms with Crippen molar-refractivity contribution >= 4 is 5.91 Å². The van der Waals surface area contributed by atoms with E-state index in [-0.39, 0.29) is 18.6 Å². The van der Waals surface area contributed by atoms with E-state index < -0.39 is 0 Å². The van der Waals surface area contributed by atoms with Gasteiger partial charge < -0.3 is 15.4 Å². The molecule has 0 aliphatic heterocycles. The molecule has 1 heterocycles. The molecule has 0 aromatic carbocycles. The third-order valence-corrected chi connectivity index (χ3v) is 2.37. The molecule has 1 aromatic heterocycles. The molecule has 3 N–H and O–H groups in total. The summed E-state index contributed by atoms with van der Waals surface area (Å²) in [5, 5.41) is 11.5. The van der Waals surface area contributed by atoms with Crippen LogP contribution in [0.4, 0.5) is 0 Å².